The van der Waals surface area contributed by atoms with Gasteiger partial charge in [0.15, 0.2) is 0 Å². The van der Waals surface area contributed by atoms with Gasteiger partial charge in [-0.15, -0.1) is 16.9 Å². The third-order valence-electron chi connectivity index (χ3n) is 2.37. The molecule has 0 aliphatic heterocycles. The van der Waals surface area contributed by atoms with Gasteiger partial charge in [-0.25, -0.2) is 0 Å². The summed E-state index contributed by atoms with van der Waals surface area (Å²) in [6.07, 6.45) is 0. The Hall–Kier alpha value is -1.20. The number of ether oxygens (including phenoxy) is 1. The molecule has 0 aliphatic carbocycles. The van der Waals surface area contributed by atoms with Gasteiger partial charge in [0.1, 0.15) is 0 Å². The van der Waals surface area contributed by atoms with Crippen molar-refractivity contribution in [2.24, 2.45) is 12.8 Å². The number of thioether (sulfide) groups is 1. The topological polar surface area (TPSA) is 53.1 Å². The van der Waals surface area contributed by atoms with E-state index in [0.717, 1.165) is 16.7 Å². The van der Waals surface area contributed by atoms with E-state index < -0.39 is 0 Å². The van der Waals surface area contributed by atoms with Crippen LogP contribution in [-0.4, -0.2) is 29.2 Å². The quantitative estimate of drug-likeness (QED) is 0.821. The van der Waals surface area contributed by atoms with Crippen LogP contribution in [0.5, 0.6) is 5.88 Å². The number of benzene rings is 1. The SMILES string of the molecule is COc1nn(C)c2ccc(SCCN)cc12. The zero-order chi connectivity index (χ0) is 11.5. The molecule has 1 aromatic heterocycles. The Morgan fingerprint density at radius 1 is 1.50 bits per heavy atom. The molecular weight excluding hydrogens is 222 g/mol. The molecule has 2 N–H and O–H groups in total. The summed E-state index contributed by atoms with van der Waals surface area (Å²) in [7, 11) is 3.55. The monoisotopic (exact) mass is 237 g/mol. The number of aromatic nitrogens is 2. The van der Waals surface area contributed by atoms with Gasteiger partial charge < -0.3 is 10.5 Å². The largest absolute Gasteiger partial charge is 0.479 e. The number of hydrogen-bond acceptors (Lipinski definition) is 4. The molecule has 2 rings (SSSR count). The first-order chi connectivity index (χ1) is 7.76. The van der Waals surface area contributed by atoms with Crippen LogP contribution in [0.1, 0.15) is 0 Å². The molecule has 0 saturated carbocycles. The highest BCUT2D eigenvalue weighted by Gasteiger charge is 2.09. The van der Waals surface area contributed by atoms with E-state index in [4.69, 9.17) is 10.5 Å². The lowest BCUT2D eigenvalue weighted by atomic mass is 10.2. The van der Waals surface area contributed by atoms with E-state index in [9.17, 15) is 0 Å². The van der Waals surface area contributed by atoms with Crippen molar-refractivity contribution in [3.05, 3.63) is 18.2 Å². The molecule has 0 saturated heterocycles. The van der Waals surface area contributed by atoms with Crippen LogP contribution in [0.3, 0.4) is 0 Å². The first-order valence-corrected chi connectivity index (χ1v) is 6.08. The van der Waals surface area contributed by atoms with Crippen LogP contribution in [-0.2, 0) is 7.05 Å². The van der Waals surface area contributed by atoms with E-state index in [1.165, 1.54) is 4.90 Å². The van der Waals surface area contributed by atoms with Gasteiger partial charge >= 0.3 is 0 Å². The van der Waals surface area contributed by atoms with Gasteiger partial charge in [-0.1, -0.05) is 0 Å². The van der Waals surface area contributed by atoms with Crippen molar-refractivity contribution >= 4 is 22.7 Å². The van der Waals surface area contributed by atoms with Crippen molar-refractivity contribution in [3.8, 4) is 5.88 Å². The molecule has 2 aromatic rings. The van der Waals surface area contributed by atoms with Crippen molar-refractivity contribution in [2.45, 2.75) is 4.90 Å². The van der Waals surface area contributed by atoms with Crippen LogP contribution in [0.4, 0.5) is 0 Å². The molecule has 5 heteroatoms. The number of rotatable bonds is 4. The third kappa shape index (κ3) is 2.01. The van der Waals surface area contributed by atoms with Gasteiger partial charge in [-0.2, -0.15) is 0 Å². The summed E-state index contributed by atoms with van der Waals surface area (Å²) in [6.45, 7) is 0.687. The molecule has 0 bridgehead atoms. The van der Waals surface area contributed by atoms with E-state index in [1.54, 1.807) is 18.9 Å². The Kier molecular flexibility index (Phi) is 3.36. The second-order valence-corrected chi connectivity index (χ2v) is 4.62. The maximum atomic E-state index is 5.49. The summed E-state index contributed by atoms with van der Waals surface area (Å²) >= 11 is 1.75. The molecule has 86 valence electrons. The molecule has 0 unspecified atom stereocenters. The molecule has 0 spiro atoms. The van der Waals surface area contributed by atoms with E-state index in [0.29, 0.717) is 12.4 Å². The van der Waals surface area contributed by atoms with Gasteiger partial charge in [-0.05, 0) is 18.2 Å². The molecule has 4 nitrogen and oxygen atoms in total. The normalized spacial score (nSPS) is 10.9. The summed E-state index contributed by atoms with van der Waals surface area (Å²) in [4.78, 5) is 1.20. The van der Waals surface area contributed by atoms with Crippen LogP contribution >= 0.6 is 11.8 Å². The Bertz CT molecular complexity index is 495. The Morgan fingerprint density at radius 3 is 3.00 bits per heavy atom. The lowest BCUT2D eigenvalue weighted by Crippen LogP contribution is -2.00. The van der Waals surface area contributed by atoms with E-state index in [2.05, 4.69) is 23.3 Å². The van der Waals surface area contributed by atoms with Crippen LogP contribution < -0.4 is 10.5 Å². The number of nitrogens with zero attached hydrogens (tertiary/aromatic N) is 2. The van der Waals surface area contributed by atoms with Crippen molar-refractivity contribution in [1.29, 1.82) is 0 Å². The van der Waals surface area contributed by atoms with Crippen LogP contribution in [0, 0.1) is 0 Å². The summed E-state index contributed by atoms with van der Waals surface area (Å²) in [5.41, 5.74) is 6.56. The van der Waals surface area contributed by atoms with Crippen molar-refractivity contribution in [1.82, 2.24) is 9.78 Å². The number of aryl methyl sites for hydroxylation is 1. The van der Waals surface area contributed by atoms with Crippen molar-refractivity contribution < 1.29 is 4.74 Å². The van der Waals surface area contributed by atoms with Crippen molar-refractivity contribution in [3.63, 3.8) is 0 Å². The molecule has 0 atom stereocenters. The summed E-state index contributed by atoms with van der Waals surface area (Å²) in [5.74, 6) is 1.60. The fourth-order valence-corrected chi connectivity index (χ4v) is 2.35. The molecule has 1 heterocycles. The van der Waals surface area contributed by atoms with Gasteiger partial charge in [0.05, 0.1) is 18.0 Å². The van der Waals surface area contributed by atoms with Crippen molar-refractivity contribution in [2.75, 3.05) is 19.4 Å². The maximum absolute atomic E-state index is 5.49. The summed E-state index contributed by atoms with van der Waals surface area (Å²) < 4.78 is 7.07. The summed E-state index contributed by atoms with van der Waals surface area (Å²) in [5, 5.41) is 5.34. The molecular formula is C11H15N3OS. The Morgan fingerprint density at radius 2 is 2.31 bits per heavy atom. The van der Waals surface area contributed by atoms with Gasteiger partial charge in [-0.3, -0.25) is 4.68 Å². The second-order valence-electron chi connectivity index (χ2n) is 3.45. The molecule has 0 amide bonds. The Balaban J connectivity index is 2.43. The van der Waals surface area contributed by atoms with Gasteiger partial charge in [0, 0.05) is 24.2 Å². The van der Waals surface area contributed by atoms with Crippen LogP contribution in [0.15, 0.2) is 23.1 Å². The predicted octanol–water partition coefficient (Wildman–Crippen LogP) is 1.63. The zero-order valence-corrected chi connectivity index (χ0v) is 10.3. The molecule has 16 heavy (non-hydrogen) atoms. The predicted molar refractivity (Wildman–Crippen MR) is 67.0 cm³/mol. The lowest BCUT2D eigenvalue weighted by Gasteiger charge is -2.00. The molecule has 1 aromatic carbocycles. The zero-order valence-electron chi connectivity index (χ0n) is 9.43. The minimum atomic E-state index is 0.674. The van der Waals surface area contributed by atoms with Gasteiger partial charge in [0.25, 0.3) is 0 Å². The molecule has 0 aliphatic rings. The summed E-state index contributed by atoms with van der Waals surface area (Å²) in [6, 6.07) is 6.25. The fraction of sp³-hybridized carbons (Fsp3) is 0.364. The molecule has 0 radical (unpaired) electrons. The first kappa shape index (κ1) is 11.3. The smallest absolute Gasteiger partial charge is 0.240 e. The Labute approximate surface area is 98.8 Å². The van der Waals surface area contributed by atoms with Crippen LogP contribution in [0.2, 0.25) is 0 Å². The van der Waals surface area contributed by atoms with E-state index in [-0.39, 0.29) is 0 Å². The highest BCUT2D eigenvalue weighted by atomic mass is 32.2. The number of hydrogen-bond donors (Lipinski definition) is 1. The average molecular weight is 237 g/mol. The van der Waals surface area contributed by atoms with Crippen LogP contribution in [0.25, 0.3) is 10.9 Å². The highest BCUT2D eigenvalue weighted by Crippen LogP contribution is 2.28. The fourth-order valence-electron chi connectivity index (χ4n) is 1.63. The minimum absolute atomic E-state index is 0.674. The number of fused-ring (bicyclic) bond motifs is 1. The number of nitrogens with two attached hydrogens (primary N) is 1. The van der Waals surface area contributed by atoms with Gasteiger partial charge in [0.2, 0.25) is 5.88 Å². The standard InChI is InChI=1S/C11H15N3OS/c1-14-10-4-3-8(16-6-5-12)7-9(10)11(13-14)15-2/h3-4,7H,5-6,12H2,1-2H3. The highest BCUT2D eigenvalue weighted by molar-refractivity contribution is 7.99. The first-order valence-electron chi connectivity index (χ1n) is 5.10. The van der Waals surface area contributed by atoms with E-state index in [1.807, 2.05) is 11.7 Å². The number of methoxy groups -OCH3 is 1. The average Bonchev–Trinajstić information content (AvgIpc) is 2.63. The maximum Gasteiger partial charge on any atom is 0.240 e. The van der Waals surface area contributed by atoms with E-state index >= 15 is 0 Å². The minimum Gasteiger partial charge on any atom is -0.479 e. The lowest BCUT2D eigenvalue weighted by molar-refractivity contribution is 0.396. The second kappa shape index (κ2) is 4.76. The third-order valence-corrected chi connectivity index (χ3v) is 3.39. The molecule has 0 fully saturated rings.